The van der Waals surface area contributed by atoms with Crippen molar-refractivity contribution < 1.29 is 34.8 Å². The standard InChI is InChI=1S/C25H22O7S/c1-10-3-6-18(33-10)14-4-5-16(27)21-15(14)8-12-7-13-9-17(28)19(11(2)26)23(30)25(13,32)24(31)20(12)22(21)29/h3-6,12-13,27,29-30,32H,7-9H2,1-2H3/t12-,13+,25-/m1/s1. The van der Waals surface area contributed by atoms with E-state index in [0.29, 0.717) is 12.0 Å². The van der Waals surface area contributed by atoms with Crippen molar-refractivity contribution in [1.82, 2.24) is 0 Å². The molecule has 5 rings (SSSR count). The van der Waals surface area contributed by atoms with Gasteiger partial charge in [0, 0.05) is 27.7 Å². The second kappa shape index (κ2) is 7.13. The van der Waals surface area contributed by atoms with Gasteiger partial charge in [0.15, 0.2) is 17.2 Å². The Bertz CT molecular complexity index is 1330. The largest absolute Gasteiger partial charge is 0.508 e. The first-order valence-corrected chi connectivity index (χ1v) is 11.5. The summed E-state index contributed by atoms with van der Waals surface area (Å²) in [6.07, 6.45) is 0.211. The van der Waals surface area contributed by atoms with E-state index in [9.17, 15) is 34.8 Å². The average Bonchev–Trinajstić information content (AvgIpc) is 3.16. The number of carbonyl (C=O) groups is 3. The van der Waals surface area contributed by atoms with Crippen molar-refractivity contribution in [2.45, 2.75) is 38.7 Å². The number of carbonyl (C=O) groups excluding carboxylic acids is 3. The first-order chi connectivity index (χ1) is 15.6. The fraction of sp³-hybridized carbons (Fsp3) is 0.320. The lowest BCUT2D eigenvalue weighted by Crippen LogP contribution is -2.57. The first-order valence-electron chi connectivity index (χ1n) is 10.7. The molecular formula is C25H22O7S. The van der Waals surface area contributed by atoms with Crippen LogP contribution >= 0.6 is 11.3 Å². The number of fused-ring (bicyclic) bond motifs is 3. The van der Waals surface area contributed by atoms with Gasteiger partial charge >= 0.3 is 0 Å². The van der Waals surface area contributed by atoms with Gasteiger partial charge in [0.1, 0.15) is 22.8 Å². The van der Waals surface area contributed by atoms with Crippen LogP contribution in [0.5, 0.6) is 5.75 Å². The van der Waals surface area contributed by atoms with Crippen LogP contribution in [0.4, 0.5) is 0 Å². The molecule has 0 aliphatic heterocycles. The van der Waals surface area contributed by atoms with E-state index in [1.54, 1.807) is 17.4 Å². The van der Waals surface area contributed by atoms with E-state index in [2.05, 4.69) is 0 Å². The lowest BCUT2D eigenvalue weighted by atomic mass is 9.59. The molecule has 33 heavy (non-hydrogen) atoms. The Morgan fingerprint density at radius 3 is 2.45 bits per heavy atom. The lowest BCUT2D eigenvalue weighted by molar-refractivity contribution is -0.147. The molecule has 1 aromatic carbocycles. The Hall–Kier alpha value is -3.23. The van der Waals surface area contributed by atoms with Crippen LogP contribution in [0.2, 0.25) is 0 Å². The number of benzene rings is 1. The van der Waals surface area contributed by atoms with E-state index in [1.807, 2.05) is 19.1 Å². The van der Waals surface area contributed by atoms with Crippen molar-refractivity contribution in [2.75, 3.05) is 0 Å². The number of aliphatic hydroxyl groups is 3. The number of aryl methyl sites for hydroxylation is 1. The number of thiophene rings is 1. The minimum absolute atomic E-state index is 0.0974. The summed E-state index contributed by atoms with van der Waals surface area (Å²) in [5.74, 6) is -5.31. The van der Waals surface area contributed by atoms with Gasteiger partial charge in [0.25, 0.3) is 0 Å². The summed E-state index contributed by atoms with van der Waals surface area (Å²) < 4.78 is 0. The molecule has 170 valence electrons. The molecule has 7 nitrogen and oxygen atoms in total. The van der Waals surface area contributed by atoms with Crippen LogP contribution in [-0.2, 0) is 20.8 Å². The van der Waals surface area contributed by atoms with Gasteiger partial charge in [-0.1, -0.05) is 0 Å². The SMILES string of the molecule is CC(=O)C1=C(O)[C@@]2(O)C(=O)C3=C(O)c4c(O)ccc(-c5ccc(C)s5)c4C[C@H]3C[C@H]2CC1=O. The summed E-state index contributed by atoms with van der Waals surface area (Å²) in [5.41, 5.74) is -1.49. The molecule has 3 atom stereocenters. The quantitative estimate of drug-likeness (QED) is 0.498. The summed E-state index contributed by atoms with van der Waals surface area (Å²) in [7, 11) is 0. The molecular weight excluding hydrogens is 444 g/mol. The maximum absolute atomic E-state index is 13.5. The number of ketones is 3. The molecule has 4 N–H and O–H groups in total. The molecule has 0 unspecified atom stereocenters. The summed E-state index contributed by atoms with van der Waals surface area (Å²) in [6, 6.07) is 7.16. The maximum Gasteiger partial charge on any atom is 0.202 e. The van der Waals surface area contributed by atoms with Crippen molar-refractivity contribution in [3.8, 4) is 16.2 Å². The van der Waals surface area contributed by atoms with Gasteiger partial charge in [-0.3, -0.25) is 14.4 Å². The number of phenols is 1. The fourth-order valence-electron chi connectivity index (χ4n) is 5.54. The molecule has 1 aromatic heterocycles. The van der Waals surface area contributed by atoms with Crippen molar-refractivity contribution in [2.24, 2.45) is 11.8 Å². The summed E-state index contributed by atoms with van der Waals surface area (Å²) in [6.45, 7) is 3.06. The number of aliphatic hydroxyl groups excluding tert-OH is 2. The number of aromatic hydroxyl groups is 1. The molecule has 3 aliphatic rings. The highest BCUT2D eigenvalue weighted by Crippen LogP contribution is 2.53. The number of rotatable bonds is 2. The van der Waals surface area contributed by atoms with Crippen LogP contribution in [0.25, 0.3) is 16.2 Å². The van der Waals surface area contributed by atoms with Gasteiger partial charge in [-0.05, 0) is 68.0 Å². The smallest absolute Gasteiger partial charge is 0.202 e. The predicted molar refractivity (Wildman–Crippen MR) is 121 cm³/mol. The molecule has 0 radical (unpaired) electrons. The molecule has 1 heterocycles. The minimum atomic E-state index is -2.47. The van der Waals surface area contributed by atoms with Gasteiger partial charge in [-0.2, -0.15) is 0 Å². The van der Waals surface area contributed by atoms with Crippen molar-refractivity contribution >= 4 is 34.4 Å². The van der Waals surface area contributed by atoms with E-state index < -0.39 is 51.9 Å². The van der Waals surface area contributed by atoms with Crippen LogP contribution in [0.15, 0.2) is 41.2 Å². The third-order valence-electron chi connectivity index (χ3n) is 7.06. The average molecular weight is 467 g/mol. The normalized spacial score (nSPS) is 26.8. The summed E-state index contributed by atoms with van der Waals surface area (Å²) in [4.78, 5) is 40.0. The predicted octanol–water partition coefficient (Wildman–Crippen LogP) is 3.56. The highest BCUT2D eigenvalue weighted by Gasteiger charge is 2.60. The monoisotopic (exact) mass is 466 g/mol. The molecule has 8 heteroatoms. The Labute approximate surface area is 193 Å². The van der Waals surface area contributed by atoms with Gasteiger partial charge < -0.3 is 20.4 Å². The molecule has 0 saturated heterocycles. The molecule has 0 amide bonds. The van der Waals surface area contributed by atoms with Crippen LogP contribution < -0.4 is 0 Å². The number of allylic oxidation sites excluding steroid dienone is 1. The molecule has 0 spiro atoms. The van der Waals surface area contributed by atoms with Crippen LogP contribution in [-0.4, -0.2) is 43.4 Å². The Kier molecular flexibility index (Phi) is 4.67. The van der Waals surface area contributed by atoms with E-state index in [1.165, 1.54) is 6.07 Å². The van der Waals surface area contributed by atoms with Gasteiger partial charge in [0.05, 0.1) is 5.56 Å². The number of hydrogen-bond donors (Lipinski definition) is 4. The molecule has 2 aromatic rings. The summed E-state index contributed by atoms with van der Waals surface area (Å²) in [5, 5.41) is 43.7. The van der Waals surface area contributed by atoms with Crippen LogP contribution in [0.1, 0.15) is 35.8 Å². The molecule has 1 fully saturated rings. The topological polar surface area (TPSA) is 132 Å². The zero-order valence-electron chi connectivity index (χ0n) is 18.0. The third kappa shape index (κ3) is 2.87. The molecule has 1 saturated carbocycles. The zero-order chi connectivity index (χ0) is 23.8. The molecule has 3 aliphatic carbocycles. The highest BCUT2D eigenvalue weighted by molar-refractivity contribution is 7.15. The number of Topliss-reactive ketones (excluding diaryl/α,β-unsaturated/α-hetero) is 3. The van der Waals surface area contributed by atoms with Gasteiger partial charge in [-0.15, -0.1) is 11.3 Å². The Morgan fingerprint density at radius 2 is 1.82 bits per heavy atom. The third-order valence-corrected chi connectivity index (χ3v) is 8.09. The van der Waals surface area contributed by atoms with E-state index in [0.717, 1.165) is 22.2 Å². The number of hydrogen-bond acceptors (Lipinski definition) is 8. The molecule has 0 bridgehead atoms. The Morgan fingerprint density at radius 1 is 1.09 bits per heavy atom. The fourth-order valence-corrected chi connectivity index (χ4v) is 6.46. The summed E-state index contributed by atoms with van der Waals surface area (Å²) >= 11 is 1.57. The van der Waals surface area contributed by atoms with Gasteiger partial charge in [-0.25, -0.2) is 0 Å². The lowest BCUT2D eigenvalue weighted by Gasteiger charge is -2.46. The second-order valence-electron chi connectivity index (χ2n) is 8.99. The zero-order valence-corrected chi connectivity index (χ0v) is 18.8. The van der Waals surface area contributed by atoms with Crippen LogP contribution in [0, 0.1) is 18.8 Å². The highest BCUT2D eigenvalue weighted by atomic mass is 32.1. The van der Waals surface area contributed by atoms with E-state index >= 15 is 0 Å². The van der Waals surface area contributed by atoms with Crippen molar-refractivity contribution in [1.29, 1.82) is 0 Å². The second-order valence-corrected chi connectivity index (χ2v) is 10.3. The first kappa shape index (κ1) is 21.6. The van der Waals surface area contributed by atoms with Crippen LogP contribution in [0.3, 0.4) is 0 Å². The maximum atomic E-state index is 13.5. The van der Waals surface area contributed by atoms with E-state index in [-0.39, 0.29) is 29.7 Å². The number of phenolic OH excluding ortho intramolecular Hbond substituents is 1. The minimum Gasteiger partial charge on any atom is -0.508 e. The van der Waals surface area contributed by atoms with Gasteiger partial charge in [0.2, 0.25) is 5.78 Å². The van der Waals surface area contributed by atoms with Crippen molar-refractivity contribution in [3.63, 3.8) is 0 Å². The van der Waals surface area contributed by atoms with Crippen molar-refractivity contribution in [3.05, 3.63) is 57.2 Å². The Balaban J connectivity index is 1.71. The van der Waals surface area contributed by atoms with E-state index in [4.69, 9.17) is 0 Å².